The second kappa shape index (κ2) is 12.6. The van der Waals surface area contributed by atoms with Crippen LogP contribution in [0.25, 0.3) is 11.1 Å². The molecule has 1 aliphatic heterocycles. The minimum absolute atomic E-state index is 0.00972. The first-order chi connectivity index (χ1) is 20.9. The fourth-order valence-corrected chi connectivity index (χ4v) is 7.14. The van der Waals surface area contributed by atoms with Crippen molar-refractivity contribution in [3.05, 3.63) is 110 Å². The second-order valence-electron chi connectivity index (χ2n) is 10.8. The molecule has 0 aliphatic carbocycles. The average Bonchev–Trinajstić information content (AvgIpc) is 3.40. The van der Waals surface area contributed by atoms with Gasteiger partial charge in [0.2, 0.25) is 0 Å². The van der Waals surface area contributed by atoms with Gasteiger partial charge in [0.15, 0.2) is 11.6 Å². The van der Waals surface area contributed by atoms with Crippen LogP contribution in [0.1, 0.15) is 33.9 Å². The molecule has 0 saturated carbocycles. The van der Waals surface area contributed by atoms with Gasteiger partial charge < -0.3 is 15.0 Å². The molecule has 2 heterocycles. The number of hydrogen-bond acceptors (Lipinski definition) is 5. The van der Waals surface area contributed by atoms with Gasteiger partial charge in [0.1, 0.15) is 5.82 Å². The molecule has 1 atom stereocenters. The summed E-state index contributed by atoms with van der Waals surface area (Å²) in [6.45, 7) is 2.46. The van der Waals surface area contributed by atoms with Crippen molar-refractivity contribution in [2.45, 2.75) is 37.1 Å². The number of rotatable bonds is 9. The summed E-state index contributed by atoms with van der Waals surface area (Å²) in [6, 6.07) is 14.8. The van der Waals surface area contributed by atoms with Crippen molar-refractivity contribution in [1.82, 2.24) is 9.88 Å². The first-order valence-corrected chi connectivity index (χ1v) is 15.0. The van der Waals surface area contributed by atoms with Crippen LogP contribution >= 0.6 is 11.8 Å². The number of thioether (sulfide) groups is 1. The Balaban J connectivity index is 1.62. The molecule has 11 heteroatoms. The van der Waals surface area contributed by atoms with E-state index in [1.807, 2.05) is 43.3 Å². The van der Waals surface area contributed by atoms with Gasteiger partial charge in [-0.1, -0.05) is 36.4 Å². The molecule has 3 aromatic carbocycles. The fraction of sp³-hybridized carbons (Fsp3) is 0.303. The van der Waals surface area contributed by atoms with Crippen molar-refractivity contribution in [2.24, 2.45) is 0 Å². The van der Waals surface area contributed by atoms with E-state index in [1.165, 1.54) is 35.6 Å². The quantitative estimate of drug-likeness (QED) is 0.198. The van der Waals surface area contributed by atoms with E-state index in [1.54, 1.807) is 13.0 Å². The second-order valence-corrected chi connectivity index (χ2v) is 11.8. The third-order valence-corrected chi connectivity index (χ3v) is 9.18. The van der Waals surface area contributed by atoms with Crippen LogP contribution < -0.4 is 20.5 Å². The van der Waals surface area contributed by atoms with E-state index in [4.69, 9.17) is 4.74 Å². The van der Waals surface area contributed by atoms with E-state index < -0.39 is 40.9 Å². The number of benzene rings is 3. The summed E-state index contributed by atoms with van der Waals surface area (Å²) in [7, 11) is 5.20. The summed E-state index contributed by atoms with van der Waals surface area (Å²) in [5, 5.41) is 3.87. The molecule has 1 aromatic heterocycles. The average molecular weight is 630 g/mol. The highest BCUT2D eigenvalue weighted by Gasteiger charge is 2.36. The van der Waals surface area contributed by atoms with Crippen LogP contribution in [0.2, 0.25) is 0 Å². The van der Waals surface area contributed by atoms with Crippen molar-refractivity contribution >= 4 is 17.4 Å². The number of ether oxygens (including phenoxy) is 1. The highest BCUT2D eigenvalue weighted by molar-refractivity contribution is 7.99. The molecule has 0 amide bonds. The Morgan fingerprint density at radius 2 is 1.75 bits per heavy atom. The number of para-hydroxylation sites is 1. The summed E-state index contributed by atoms with van der Waals surface area (Å²) in [4.78, 5) is 16.2. The third-order valence-electron chi connectivity index (χ3n) is 7.91. The van der Waals surface area contributed by atoms with Crippen molar-refractivity contribution in [3.8, 4) is 16.9 Å². The lowest BCUT2D eigenvalue weighted by molar-refractivity contribution is -0.138. The maximum Gasteiger partial charge on any atom is 0.416 e. The van der Waals surface area contributed by atoms with Crippen LogP contribution in [0.3, 0.4) is 0 Å². The SMILES string of the molecule is COc1cccc(-c2c(C)c(Cc3c(F)cccc3C(F)(F)F)c3n(c2=O)C(CNCc2ccccc2N(C)C)CS3)c1F. The van der Waals surface area contributed by atoms with Gasteiger partial charge in [-0.25, -0.2) is 8.78 Å². The van der Waals surface area contributed by atoms with Gasteiger partial charge in [-0.2, -0.15) is 13.2 Å². The van der Waals surface area contributed by atoms with E-state index in [0.29, 0.717) is 35.0 Å². The Hall–Kier alpha value is -3.83. The summed E-state index contributed by atoms with van der Waals surface area (Å²) in [5.74, 6) is -1.38. The molecule has 0 bridgehead atoms. The Labute approximate surface area is 256 Å². The maximum atomic E-state index is 15.6. The van der Waals surface area contributed by atoms with Crippen LogP contribution in [-0.2, 0) is 19.1 Å². The smallest absolute Gasteiger partial charge is 0.416 e. The number of aromatic nitrogens is 1. The van der Waals surface area contributed by atoms with E-state index in [0.717, 1.165) is 29.4 Å². The highest BCUT2D eigenvalue weighted by Crippen LogP contribution is 2.42. The van der Waals surface area contributed by atoms with E-state index in [9.17, 15) is 18.0 Å². The Bertz CT molecular complexity index is 1750. The Morgan fingerprint density at radius 3 is 2.45 bits per heavy atom. The zero-order chi connectivity index (χ0) is 31.8. The van der Waals surface area contributed by atoms with Gasteiger partial charge in [-0.3, -0.25) is 9.36 Å². The van der Waals surface area contributed by atoms with Crippen LogP contribution in [0.15, 0.2) is 70.5 Å². The monoisotopic (exact) mass is 629 g/mol. The first kappa shape index (κ1) is 31.6. The van der Waals surface area contributed by atoms with E-state index in [-0.39, 0.29) is 22.9 Å². The van der Waals surface area contributed by atoms with Crippen molar-refractivity contribution < 1.29 is 26.7 Å². The van der Waals surface area contributed by atoms with Crippen LogP contribution in [0.4, 0.5) is 27.6 Å². The van der Waals surface area contributed by atoms with Gasteiger partial charge in [0.25, 0.3) is 5.56 Å². The topological polar surface area (TPSA) is 46.5 Å². The lowest BCUT2D eigenvalue weighted by atomic mass is 9.92. The predicted octanol–water partition coefficient (Wildman–Crippen LogP) is 7.22. The largest absolute Gasteiger partial charge is 0.494 e. The number of hydrogen-bond donors (Lipinski definition) is 1. The molecule has 232 valence electrons. The Kier molecular flexibility index (Phi) is 9.08. The molecule has 0 fully saturated rings. The molecule has 1 aliphatic rings. The number of alkyl halides is 3. The standard InChI is InChI=1S/C33H32F5N3O2S/c1-19-23(15-24-25(33(36,37)38)11-8-12-26(24)34)32-41(31(42)29(19)22-10-7-14-28(43-4)30(22)35)21(18-44-32)17-39-16-20-9-5-6-13-27(20)40(2)3/h5-14,21,39H,15-18H2,1-4H3. The number of fused-ring (bicyclic) bond motifs is 1. The van der Waals surface area contributed by atoms with Gasteiger partial charge in [0.05, 0.1) is 29.3 Å². The first-order valence-electron chi connectivity index (χ1n) is 14.0. The minimum Gasteiger partial charge on any atom is -0.494 e. The van der Waals surface area contributed by atoms with Gasteiger partial charge >= 0.3 is 6.18 Å². The number of halogens is 5. The molecular formula is C33H32F5N3O2S. The normalized spacial score (nSPS) is 14.5. The third kappa shape index (κ3) is 5.95. The predicted molar refractivity (Wildman–Crippen MR) is 164 cm³/mol. The summed E-state index contributed by atoms with van der Waals surface area (Å²) < 4.78 is 79.2. The van der Waals surface area contributed by atoms with Crippen LogP contribution in [0, 0.1) is 18.6 Å². The summed E-state index contributed by atoms with van der Waals surface area (Å²) >= 11 is 1.33. The minimum atomic E-state index is -4.79. The lowest BCUT2D eigenvalue weighted by Gasteiger charge is -2.22. The molecule has 1 unspecified atom stereocenters. The molecule has 0 radical (unpaired) electrons. The summed E-state index contributed by atoms with van der Waals surface area (Å²) in [5.41, 5.74) is 0.640. The number of anilines is 1. The van der Waals surface area contributed by atoms with Crippen LogP contribution in [0.5, 0.6) is 5.75 Å². The molecule has 5 nitrogen and oxygen atoms in total. The van der Waals surface area contributed by atoms with Gasteiger partial charge in [-0.05, 0) is 47.9 Å². The van der Waals surface area contributed by atoms with Crippen LogP contribution in [-0.4, -0.2) is 38.1 Å². The van der Waals surface area contributed by atoms with Gasteiger partial charge in [-0.15, -0.1) is 11.8 Å². The maximum absolute atomic E-state index is 15.6. The summed E-state index contributed by atoms with van der Waals surface area (Å²) in [6.07, 6.45) is -5.21. The van der Waals surface area contributed by atoms with E-state index in [2.05, 4.69) is 5.32 Å². The molecule has 4 aromatic rings. The zero-order valence-electron chi connectivity index (χ0n) is 24.7. The molecular weight excluding hydrogens is 597 g/mol. The van der Waals surface area contributed by atoms with E-state index >= 15 is 8.78 Å². The lowest BCUT2D eigenvalue weighted by Crippen LogP contribution is -2.33. The number of nitrogens with one attached hydrogen (secondary N) is 1. The zero-order valence-corrected chi connectivity index (χ0v) is 25.5. The molecule has 5 rings (SSSR count). The van der Waals surface area contributed by atoms with Crippen molar-refractivity contribution in [1.29, 1.82) is 0 Å². The molecule has 0 saturated heterocycles. The van der Waals surface area contributed by atoms with Gasteiger partial charge in [0, 0.05) is 56.2 Å². The van der Waals surface area contributed by atoms with Crippen molar-refractivity contribution in [3.63, 3.8) is 0 Å². The molecule has 44 heavy (non-hydrogen) atoms. The molecule has 0 spiro atoms. The number of pyridine rings is 1. The fourth-order valence-electron chi connectivity index (χ4n) is 5.76. The Morgan fingerprint density at radius 1 is 1.02 bits per heavy atom. The highest BCUT2D eigenvalue weighted by atomic mass is 32.2. The van der Waals surface area contributed by atoms with Crippen molar-refractivity contribution in [2.75, 3.05) is 38.4 Å². The number of methoxy groups -OCH3 is 1. The number of nitrogens with zero attached hydrogens (tertiary/aromatic N) is 2. The molecule has 1 N–H and O–H groups in total.